The van der Waals surface area contributed by atoms with Crippen molar-refractivity contribution in [1.82, 2.24) is 3.80 Å². The van der Waals surface area contributed by atoms with Crippen LogP contribution in [0.3, 0.4) is 0 Å². The van der Waals surface area contributed by atoms with E-state index in [0.29, 0.717) is 11.3 Å². The first-order valence-corrected chi connectivity index (χ1v) is 9.82. The Hall–Kier alpha value is 0.591. The van der Waals surface area contributed by atoms with Crippen molar-refractivity contribution in [2.45, 2.75) is 37.3 Å². The Labute approximate surface area is 150 Å². The quantitative estimate of drug-likeness (QED) is 0.487. The van der Waals surface area contributed by atoms with Crippen LogP contribution >= 0.6 is 0 Å². The Balaban J connectivity index is 0.000000576. The van der Waals surface area contributed by atoms with E-state index in [0.717, 1.165) is 27.8 Å². The number of hydrogen-bond acceptors (Lipinski definition) is 1. The molecule has 1 heterocycles. The molecule has 21 heavy (non-hydrogen) atoms. The molecule has 2 spiro atoms. The summed E-state index contributed by atoms with van der Waals surface area (Å²) in [4.78, 5) is 12.2. The molecule has 0 aromatic heterocycles. The smallest absolute Gasteiger partial charge is 1.00 e. The number of nitrogens with one attached hydrogen (secondary N) is 1. The summed E-state index contributed by atoms with van der Waals surface area (Å²) in [6.07, 6.45) is 7.42. The molecule has 2 nitrogen and oxygen atoms in total. The van der Waals surface area contributed by atoms with Gasteiger partial charge in [-0.25, -0.2) is 0 Å². The SMILES string of the molecule is CC1=[Si](C23CCC4(C(=O)[NH][Ti+2])C5C46C2C536)C(C)C=C1.[Cl-].[Cl-]. The molecule has 109 valence electrons. The van der Waals surface area contributed by atoms with Crippen LogP contribution in [0.4, 0.5) is 0 Å². The number of allylic oxidation sites excluding steroid dienone is 2. The van der Waals surface area contributed by atoms with Crippen LogP contribution in [0.15, 0.2) is 12.2 Å². The van der Waals surface area contributed by atoms with Crippen molar-refractivity contribution < 1.29 is 50.3 Å². The van der Waals surface area contributed by atoms with Gasteiger partial charge in [0.2, 0.25) is 0 Å². The summed E-state index contributed by atoms with van der Waals surface area (Å²) < 4.78 is 2.95. The van der Waals surface area contributed by atoms with Gasteiger partial charge in [0.1, 0.15) is 0 Å². The van der Waals surface area contributed by atoms with Gasteiger partial charge in [0.15, 0.2) is 0 Å². The first-order valence-electron chi connectivity index (χ1n) is 7.46. The van der Waals surface area contributed by atoms with E-state index in [2.05, 4.69) is 29.8 Å². The standard InChI is InChI=1S/C15H17NOSi.2ClH.Ti/c1-7-3-4-8(2)18(7)13-6-5-12(11(16)17)9-14(12)10(13)15(9,13)14;;;/h3-4,7,9-10H,5-6H2,1-2H3,(H2,16,17);2*1H;/q;;;+3/p-3. The number of rotatable bonds is 2. The van der Waals surface area contributed by atoms with Crippen LogP contribution in [-0.4, -0.2) is 19.5 Å². The molecular weight excluding hydrogens is 357 g/mol. The Morgan fingerprint density at radius 2 is 2.05 bits per heavy atom. The van der Waals surface area contributed by atoms with Crippen molar-refractivity contribution in [3.63, 3.8) is 0 Å². The largest absolute Gasteiger partial charge is 1.00 e. The molecule has 7 atom stereocenters. The van der Waals surface area contributed by atoms with Gasteiger partial charge in [0, 0.05) is 0 Å². The molecule has 7 aliphatic rings. The van der Waals surface area contributed by atoms with Crippen molar-refractivity contribution in [1.29, 1.82) is 0 Å². The van der Waals surface area contributed by atoms with E-state index in [4.69, 9.17) is 0 Å². The van der Waals surface area contributed by atoms with E-state index in [1.54, 1.807) is 5.17 Å². The molecular formula is C15H16Cl2NOSiTi. The van der Waals surface area contributed by atoms with Crippen LogP contribution < -0.4 is 28.6 Å². The minimum absolute atomic E-state index is 0. The van der Waals surface area contributed by atoms with Crippen molar-refractivity contribution in [2.24, 2.45) is 28.1 Å². The third kappa shape index (κ3) is 0.887. The molecule has 7 rings (SSSR count). The van der Waals surface area contributed by atoms with Gasteiger partial charge in [-0.05, 0) is 0 Å². The van der Waals surface area contributed by atoms with Gasteiger partial charge in [0.05, 0.1) is 0 Å². The van der Waals surface area contributed by atoms with E-state index >= 15 is 0 Å². The molecule has 6 saturated carbocycles. The molecule has 1 aliphatic heterocycles. The molecule has 6 fully saturated rings. The van der Waals surface area contributed by atoms with Crippen molar-refractivity contribution in [2.75, 3.05) is 0 Å². The topological polar surface area (TPSA) is 29.1 Å². The molecule has 0 aromatic carbocycles. The van der Waals surface area contributed by atoms with E-state index in [1.165, 1.54) is 12.8 Å². The van der Waals surface area contributed by atoms with Gasteiger partial charge in [-0.2, -0.15) is 0 Å². The van der Waals surface area contributed by atoms with E-state index < -0.39 is 0 Å². The van der Waals surface area contributed by atoms with Crippen LogP contribution in [0.25, 0.3) is 0 Å². The van der Waals surface area contributed by atoms with Crippen molar-refractivity contribution in [3.8, 4) is 0 Å². The summed E-state index contributed by atoms with van der Waals surface area (Å²) in [7, 11) is -0.353. The van der Waals surface area contributed by atoms with Crippen LogP contribution in [0.1, 0.15) is 26.7 Å². The fourth-order valence-electron chi connectivity index (χ4n) is 8.02. The molecule has 0 radical (unpaired) electrons. The number of carbonyl (C=O) groups excluding carboxylic acids is 1. The third-order valence-corrected chi connectivity index (χ3v) is 12.5. The molecule has 6 aliphatic carbocycles. The first kappa shape index (κ1) is 15.1. The Kier molecular flexibility index (Phi) is 2.52. The second kappa shape index (κ2) is 3.49. The van der Waals surface area contributed by atoms with Gasteiger partial charge >= 0.3 is 126 Å². The number of fused-ring (bicyclic) bond motifs is 1. The maximum atomic E-state index is 12.2. The van der Waals surface area contributed by atoms with Gasteiger partial charge in [-0.15, -0.1) is 0 Å². The molecule has 0 saturated heterocycles. The van der Waals surface area contributed by atoms with Crippen molar-refractivity contribution >= 4 is 19.5 Å². The van der Waals surface area contributed by atoms with Crippen molar-refractivity contribution in [3.05, 3.63) is 12.2 Å². The zero-order valence-electron chi connectivity index (χ0n) is 12.0. The number of carbonyl (C=O) groups is 1. The molecule has 1 amide bonds. The average molecular weight is 373 g/mol. The van der Waals surface area contributed by atoms with Gasteiger partial charge in [-0.1, -0.05) is 0 Å². The monoisotopic (exact) mass is 372 g/mol. The van der Waals surface area contributed by atoms with Gasteiger partial charge in [-0.3, -0.25) is 0 Å². The van der Waals surface area contributed by atoms with E-state index in [9.17, 15) is 4.79 Å². The average Bonchev–Trinajstić information content (AvgIpc) is 3.29. The van der Waals surface area contributed by atoms with Crippen LogP contribution in [-0.2, 0) is 25.5 Å². The summed E-state index contributed by atoms with van der Waals surface area (Å²) in [6, 6.07) is 0. The maximum absolute atomic E-state index is 12.2. The Morgan fingerprint density at radius 3 is 2.52 bits per heavy atom. The third-order valence-electron chi connectivity index (χ3n) is 8.06. The first-order chi connectivity index (χ1) is 9.10. The van der Waals surface area contributed by atoms with Gasteiger partial charge in [0.25, 0.3) is 0 Å². The summed E-state index contributed by atoms with van der Waals surface area (Å²) in [5, 5.41) is 2.46. The molecule has 1 N–H and O–H groups in total. The summed E-state index contributed by atoms with van der Waals surface area (Å²) in [5.74, 6) is 2.18. The van der Waals surface area contributed by atoms with E-state index in [1.807, 2.05) is 20.7 Å². The molecule has 7 unspecified atom stereocenters. The second-order valence-electron chi connectivity index (χ2n) is 7.75. The maximum Gasteiger partial charge on any atom is -1.00 e. The second-order valence-corrected chi connectivity index (χ2v) is 11.6. The molecule has 0 aromatic rings. The fraction of sp³-hybridized carbons (Fsp3) is 0.733. The number of hydrogen-bond donors (Lipinski definition) is 1. The number of halogens is 2. The van der Waals surface area contributed by atoms with Crippen LogP contribution in [0.5, 0.6) is 0 Å². The normalized spacial score (nSPS) is 61.0. The van der Waals surface area contributed by atoms with Gasteiger partial charge < -0.3 is 24.8 Å². The predicted molar refractivity (Wildman–Crippen MR) is 69.3 cm³/mol. The number of amides is 1. The minimum Gasteiger partial charge on any atom is -1.00 e. The fourth-order valence-corrected chi connectivity index (χ4v) is 13.2. The Morgan fingerprint density at radius 1 is 1.33 bits per heavy atom. The van der Waals surface area contributed by atoms with Crippen LogP contribution in [0, 0.1) is 28.1 Å². The minimum atomic E-state index is -0.353. The molecule has 6 heteroatoms. The summed E-state index contributed by atoms with van der Waals surface area (Å²) >= 11 is 1.82. The molecule has 2 bridgehead atoms. The van der Waals surface area contributed by atoms with Crippen LogP contribution in [0.2, 0.25) is 10.6 Å². The van der Waals surface area contributed by atoms with E-state index in [-0.39, 0.29) is 38.6 Å². The summed E-state index contributed by atoms with van der Waals surface area (Å²) in [5.41, 5.74) is 2.26. The summed E-state index contributed by atoms with van der Waals surface area (Å²) in [6.45, 7) is 4.81. The zero-order valence-corrected chi connectivity index (χ0v) is 16.0. The zero-order chi connectivity index (χ0) is 13.0. The predicted octanol–water partition coefficient (Wildman–Crippen LogP) is -4.42. The Bertz CT molecular complexity index is 695.